The first-order valence-corrected chi connectivity index (χ1v) is 7.39. The molecular formula is C14H16BrN3O2. The van der Waals surface area contributed by atoms with Crippen LogP contribution in [-0.4, -0.2) is 34.7 Å². The van der Waals surface area contributed by atoms with Gasteiger partial charge in [0, 0.05) is 31.0 Å². The average molecular weight is 338 g/mol. The lowest BCUT2D eigenvalue weighted by Gasteiger charge is -2.31. The zero-order chi connectivity index (χ0) is 13.9. The van der Waals surface area contributed by atoms with Crippen LogP contribution in [-0.2, 0) is 11.3 Å². The summed E-state index contributed by atoms with van der Waals surface area (Å²) in [7, 11) is 0. The van der Waals surface area contributed by atoms with E-state index >= 15 is 0 Å². The third-order valence-corrected chi connectivity index (χ3v) is 4.11. The van der Waals surface area contributed by atoms with Crippen molar-refractivity contribution in [3.63, 3.8) is 0 Å². The number of hydrogen-bond acceptors (Lipinski definition) is 5. The molecule has 1 fully saturated rings. The van der Waals surface area contributed by atoms with E-state index in [4.69, 9.17) is 9.26 Å². The Balaban J connectivity index is 1.68. The quantitative estimate of drug-likeness (QED) is 0.861. The number of aromatic nitrogens is 2. The largest absolute Gasteiger partial charge is 0.367 e. The van der Waals surface area contributed by atoms with Gasteiger partial charge in [0.1, 0.15) is 6.10 Å². The number of rotatable bonds is 3. The molecule has 3 rings (SSSR count). The van der Waals surface area contributed by atoms with Gasteiger partial charge in [0.05, 0.1) is 6.61 Å². The zero-order valence-electron chi connectivity index (χ0n) is 11.3. The predicted octanol–water partition coefficient (Wildman–Crippen LogP) is 2.71. The van der Waals surface area contributed by atoms with E-state index in [1.54, 1.807) is 6.92 Å². The third-order valence-electron chi connectivity index (χ3n) is 3.33. The SMILES string of the molecule is Cc1nc([C@H]2CN(Cc3ccccc3Br)CCO2)no1. The lowest BCUT2D eigenvalue weighted by molar-refractivity contribution is -0.0381. The Kier molecular flexibility index (Phi) is 4.14. The monoisotopic (exact) mass is 337 g/mol. The minimum atomic E-state index is -0.108. The van der Waals surface area contributed by atoms with Gasteiger partial charge in [0.2, 0.25) is 11.7 Å². The minimum absolute atomic E-state index is 0.108. The average Bonchev–Trinajstić information content (AvgIpc) is 2.89. The van der Waals surface area contributed by atoms with Gasteiger partial charge < -0.3 is 9.26 Å². The molecule has 0 unspecified atom stereocenters. The summed E-state index contributed by atoms with van der Waals surface area (Å²) in [5, 5.41) is 3.95. The number of aryl methyl sites for hydroxylation is 1. The van der Waals surface area contributed by atoms with Gasteiger partial charge in [-0.1, -0.05) is 39.3 Å². The molecule has 1 aliphatic rings. The van der Waals surface area contributed by atoms with Crippen molar-refractivity contribution < 1.29 is 9.26 Å². The van der Waals surface area contributed by atoms with E-state index in [-0.39, 0.29) is 6.10 Å². The summed E-state index contributed by atoms with van der Waals surface area (Å²) in [4.78, 5) is 6.60. The Bertz CT molecular complexity index is 587. The molecule has 0 radical (unpaired) electrons. The van der Waals surface area contributed by atoms with Crippen LogP contribution < -0.4 is 0 Å². The van der Waals surface area contributed by atoms with Crippen molar-refractivity contribution in [2.24, 2.45) is 0 Å². The second-order valence-corrected chi connectivity index (χ2v) is 5.71. The molecule has 0 spiro atoms. The highest BCUT2D eigenvalue weighted by Gasteiger charge is 2.26. The summed E-state index contributed by atoms with van der Waals surface area (Å²) in [6.45, 7) is 5.05. The summed E-state index contributed by atoms with van der Waals surface area (Å²) in [6.07, 6.45) is -0.108. The highest BCUT2D eigenvalue weighted by molar-refractivity contribution is 9.10. The fourth-order valence-corrected chi connectivity index (χ4v) is 2.73. The molecule has 1 aromatic heterocycles. The van der Waals surface area contributed by atoms with Crippen LogP contribution in [0.3, 0.4) is 0 Å². The van der Waals surface area contributed by atoms with Gasteiger partial charge in [-0.2, -0.15) is 4.98 Å². The molecular weight excluding hydrogens is 322 g/mol. The fraction of sp³-hybridized carbons (Fsp3) is 0.429. The molecule has 0 amide bonds. The summed E-state index contributed by atoms with van der Waals surface area (Å²) in [6, 6.07) is 8.28. The minimum Gasteiger partial charge on any atom is -0.367 e. The smallest absolute Gasteiger partial charge is 0.223 e. The van der Waals surface area contributed by atoms with E-state index in [1.807, 2.05) is 6.07 Å². The number of morpholine rings is 1. The van der Waals surface area contributed by atoms with Gasteiger partial charge in [-0.15, -0.1) is 0 Å². The molecule has 1 aromatic carbocycles. The highest BCUT2D eigenvalue weighted by Crippen LogP contribution is 2.23. The van der Waals surface area contributed by atoms with Crippen molar-refractivity contribution in [1.82, 2.24) is 15.0 Å². The van der Waals surface area contributed by atoms with Crippen molar-refractivity contribution in [3.05, 3.63) is 46.0 Å². The molecule has 1 atom stereocenters. The van der Waals surface area contributed by atoms with E-state index in [0.29, 0.717) is 18.3 Å². The molecule has 1 saturated heterocycles. The molecule has 2 aromatic rings. The van der Waals surface area contributed by atoms with E-state index in [0.717, 1.165) is 24.1 Å². The first-order valence-electron chi connectivity index (χ1n) is 6.60. The molecule has 0 saturated carbocycles. The van der Waals surface area contributed by atoms with Gasteiger partial charge in [-0.05, 0) is 11.6 Å². The second kappa shape index (κ2) is 6.03. The Morgan fingerprint density at radius 1 is 1.40 bits per heavy atom. The van der Waals surface area contributed by atoms with Crippen molar-refractivity contribution in [1.29, 1.82) is 0 Å². The highest BCUT2D eigenvalue weighted by atomic mass is 79.9. The summed E-state index contributed by atoms with van der Waals surface area (Å²) in [5.74, 6) is 1.21. The van der Waals surface area contributed by atoms with Gasteiger partial charge in [-0.25, -0.2) is 0 Å². The van der Waals surface area contributed by atoms with Crippen LogP contribution in [0.25, 0.3) is 0 Å². The lowest BCUT2D eigenvalue weighted by atomic mass is 10.2. The molecule has 2 heterocycles. The van der Waals surface area contributed by atoms with Gasteiger partial charge in [0.25, 0.3) is 0 Å². The summed E-state index contributed by atoms with van der Waals surface area (Å²) >= 11 is 3.59. The maximum absolute atomic E-state index is 5.74. The van der Waals surface area contributed by atoms with Crippen LogP contribution in [0.1, 0.15) is 23.4 Å². The van der Waals surface area contributed by atoms with Crippen molar-refractivity contribution in [2.45, 2.75) is 19.6 Å². The fourth-order valence-electron chi connectivity index (χ4n) is 2.32. The normalized spacial score (nSPS) is 20.2. The first kappa shape index (κ1) is 13.7. The number of hydrogen-bond donors (Lipinski definition) is 0. The maximum Gasteiger partial charge on any atom is 0.223 e. The van der Waals surface area contributed by atoms with Crippen LogP contribution in [0, 0.1) is 6.92 Å². The number of ether oxygens (including phenoxy) is 1. The molecule has 6 heteroatoms. The van der Waals surface area contributed by atoms with Gasteiger partial charge in [0.15, 0.2) is 0 Å². The predicted molar refractivity (Wildman–Crippen MR) is 77.1 cm³/mol. The molecule has 0 N–H and O–H groups in total. The van der Waals surface area contributed by atoms with E-state index in [9.17, 15) is 0 Å². The molecule has 0 bridgehead atoms. The first-order chi connectivity index (χ1) is 9.72. The summed E-state index contributed by atoms with van der Waals surface area (Å²) < 4.78 is 11.9. The Morgan fingerprint density at radius 3 is 3.00 bits per heavy atom. The number of benzene rings is 1. The van der Waals surface area contributed by atoms with Crippen molar-refractivity contribution in [3.8, 4) is 0 Å². The standard InChI is InChI=1S/C14H16BrN3O2/c1-10-16-14(17-20-10)13-9-18(6-7-19-13)8-11-4-2-3-5-12(11)15/h2-5,13H,6-9H2,1H3/t13-/m1/s1. The van der Waals surface area contributed by atoms with Gasteiger partial charge in [-0.3, -0.25) is 4.90 Å². The van der Waals surface area contributed by atoms with E-state index in [1.165, 1.54) is 5.56 Å². The molecule has 0 aliphatic carbocycles. The Labute approximate surface area is 126 Å². The van der Waals surface area contributed by atoms with E-state index in [2.05, 4.69) is 49.2 Å². The molecule has 5 nitrogen and oxygen atoms in total. The van der Waals surface area contributed by atoms with Crippen LogP contribution in [0.15, 0.2) is 33.3 Å². The third kappa shape index (κ3) is 3.08. The summed E-state index contributed by atoms with van der Waals surface area (Å²) in [5.41, 5.74) is 1.28. The van der Waals surface area contributed by atoms with Crippen molar-refractivity contribution in [2.75, 3.05) is 19.7 Å². The van der Waals surface area contributed by atoms with Crippen LogP contribution in [0.5, 0.6) is 0 Å². The van der Waals surface area contributed by atoms with Crippen molar-refractivity contribution >= 4 is 15.9 Å². The Hall–Kier alpha value is -1.24. The van der Waals surface area contributed by atoms with Crippen LogP contribution >= 0.6 is 15.9 Å². The number of nitrogens with zero attached hydrogens (tertiary/aromatic N) is 3. The molecule has 106 valence electrons. The molecule has 1 aliphatic heterocycles. The van der Waals surface area contributed by atoms with E-state index < -0.39 is 0 Å². The zero-order valence-corrected chi connectivity index (χ0v) is 12.8. The lowest BCUT2D eigenvalue weighted by Crippen LogP contribution is -2.38. The van der Waals surface area contributed by atoms with Crippen LogP contribution in [0.4, 0.5) is 0 Å². The maximum atomic E-state index is 5.74. The topological polar surface area (TPSA) is 51.4 Å². The molecule has 20 heavy (non-hydrogen) atoms. The second-order valence-electron chi connectivity index (χ2n) is 4.86. The number of halogens is 1. The van der Waals surface area contributed by atoms with Gasteiger partial charge >= 0.3 is 0 Å². The van der Waals surface area contributed by atoms with Crippen LogP contribution in [0.2, 0.25) is 0 Å². The Morgan fingerprint density at radius 2 is 2.25 bits per heavy atom.